The van der Waals surface area contributed by atoms with E-state index in [2.05, 4.69) is 28.3 Å². The number of rotatable bonds is 5. The normalized spacial score (nSPS) is 21.4. The summed E-state index contributed by atoms with van der Waals surface area (Å²) >= 11 is 6.50. The second-order valence-electron chi connectivity index (χ2n) is 8.08. The minimum absolute atomic E-state index is 0.0658. The molecule has 3 aromatic rings. The number of hydrogen-bond donors (Lipinski definition) is 2. The van der Waals surface area contributed by atoms with E-state index in [1.807, 2.05) is 24.3 Å². The predicted octanol–water partition coefficient (Wildman–Crippen LogP) is 5.98. The van der Waals surface area contributed by atoms with Crippen LogP contribution < -0.4 is 14.8 Å². The Labute approximate surface area is 193 Å². The van der Waals surface area contributed by atoms with Gasteiger partial charge in [-0.3, -0.25) is 4.72 Å². The average molecular weight is 467 g/mol. The summed E-state index contributed by atoms with van der Waals surface area (Å²) in [6.07, 6.45) is 5.27. The molecule has 0 saturated heterocycles. The fraction of sp³-hybridized carbons (Fsp3) is 0.200. The Morgan fingerprint density at radius 3 is 2.56 bits per heavy atom. The Morgan fingerprint density at radius 1 is 1.03 bits per heavy atom. The van der Waals surface area contributed by atoms with E-state index in [1.54, 1.807) is 43.5 Å². The molecule has 2 N–H and O–H groups in total. The first kappa shape index (κ1) is 20.9. The molecule has 0 bridgehead atoms. The van der Waals surface area contributed by atoms with Gasteiger partial charge in [0.05, 0.1) is 18.0 Å². The fourth-order valence-electron chi connectivity index (χ4n) is 4.65. The zero-order chi connectivity index (χ0) is 22.3. The topological polar surface area (TPSA) is 67.4 Å². The molecule has 3 aromatic carbocycles. The van der Waals surface area contributed by atoms with Crippen molar-refractivity contribution in [3.05, 3.63) is 95.0 Å². The maximum Gasteiger partial charge on any atom is 0.261 e. The lowest BCUT2D eigenvalue weighted by molar-refractivity contribution is 0.415. The first-order chi connectivity index (χ1) is 15.5. The summed E-state index contributed by atoms with van der Waals surface area (Å²) in [4.78, 5) is 0.240. The number of methoxy groups -OCH3 is 1. The summed E-state index contributed by atoms with van der Waals surface area (Å²) in [5, 5.41) is 4.35. The van der Waals surface area contributed by atoms with E-state index in [-0.39, 0.29) is 22.8 Å². The summed E-state index contributed by atoms with van der Waals surface area (Å²) in [6.45, 7) is 0. The molecule has 2 aliphatic rings. The molecule has 0 fully saturated rings. The Kier molecular flexibility index (Phi) is 5.35. The molecule has 1 aliphatic carbocycles. The molecule has 5 nitrogen and oxygen atoms in total. The van der Waals surface area contributed by atoms with Crippen molar-refractivity contribution in [3.63, 3.8) is 0 Å². The quantitative estimate of drug-likeness (QED) is 0.454. The van der Waals surface area contributed by atoms with E-state index in [4.69, 9.17) is 16.3 Å². The minimum atomic E-state index is -3.73. The van der Waals surface area contributed by atoms with Gasteiger partial charge in [0, 0.05) is 22.3 Å². The van der Waals surface area contributed by atoms with Crippen LogP contribution in [0.3, 0.4) is 0 Å². The molecule has 0 spiro atoms. The molecule has 0 amide bonds. The SMILES string of the molecule is COc1ccc(NS(=O)(=O)c2ccc3c(c2)[C@H]2C=CC[C@H]2[C@@H](c2ccccc2Cl)N3)cc1. The van der Waals surface area contributed by atoms with Crippen LogP contribution in [0.15, 0.2) is 83.8 Å². The van der Waals surface area contributed by atoms with Gasteiger partial charge in [0.25, 0.3) is 10.0 Å². The van der Waals surface area contributed by atoms with Crippen molar-refractivity contribution in [1.82, 2.24) is 0 Å². The number of sulfonamides is 1. The maximum atomic E-state index is 13.1. The number of nitrogens with one attached hydrogen (secondary N) is 2. The smallest absolute Gasteiger partial charge is 0.261 e. The second-order valence-corrected chi connectivity index (χ2v) is 10.2. The highest BCUT2D eigenvalue weighted by Crippen LogP contribution is 2.51. The van der Waals surface area contributed by atoms with E-state index < -0.39 is 10.0 Å². The van der Waals surface area contributed by atoms with Crippen LogP contribution in [0, 0.1) is 5.92 Å². The molecule has 5 rings (SSSR count). The van der Waals surface area contributed by atoms with Gasteiger partial charge in [0.15, 0.2) is 0 Å². The Balaban J connectivity index is 1.47. The monoisotopic (exact) mass is 466 g/mol. The number of hydrogen-bond acceptors (Lipinski definition) is 4. The third kappa shape index (κ3) is 3.74. The summed E-state index contributed by atoms with van der Waals surface area (Å²) in [5.41, 5.74) is 3.48. The van der Waals surface area contributed by atoms with Gasteiger partial charge in [0.2, 0.25) is 0 Å². The maximum absolute atomic E-state index is 13.1. The van der Waals surface area contributed by atoms with Crippen LogP contribution >= 0.6 is 11.6 Å². The second kappa shape index (κ2) is 8.19. The molecule has 7 heteroatoms. The largest absolute Gasteiger partial charge is 0.497 e. The highest BCUT2D eigenvalue weighted by Gasteiger charge is 2.39. The summed E-state index contributed by atoms with van der Waals surface area (Å²) < 4.78 is 33.9. The number of anilines is 2. The third-order valence-electron chi connectivity index (χ3n) is 6.23. The average Bonchev–Trinajstić information content (AvgIpc) is 3.29. The Bertz CT molecular complexity index is 1290. The molecule has 0 unspecified atom stereocenters. The van der Waals surface area contributed by atoms with Gasteiger partial charge in [-0.25, -0.2) is 8.42 Å². The van der Waals surface area contributed by atoms with E-state index in [0.717, 1.165) is 28.3 Å². The highest BCUT2D eigenvalue weighted by molar-refractivity contribution is 7.92. The molecule has 3 atom stereocenters. The van der Waals surface area contributed by atoms with Crippen molar-refractivity contribution in [1.29, 1.82) is 0 Å². The molecule has 32 heavy (non-hydrogen) atoms. The molecular weight excluding hydrogens is 444 g/mol. The van der Waals surface area contributed by atoms with Gasteiger partial charge in [-0.05, 0) is 72.0 Å². The van der Waals surface area contributed by atoms with Crippen LogP contribution in [0.25, 0.3) is 0 Å². The van der Waals surface area contributed by atoms with E-state index in [1.165, 1.54) is 0 Å². The van der Waals surface area contributed by atoms with Crippen LogP contribution in [0.4, 0.5) is 11.4 Å². The van der Waals surface area contributed by atoms with E-state index >= 15 is 0 Å². The Morgan fingerprint density at radius 2 is 1.81 bits per heavy atom. The van der Waals surface area contributed by atoms with E-state index in [0.29, 0.717) is 11.4 Å². The Hall–Kier alpha value is -2.96. The molecule has 1 heterocycles. The standard InChI is InChI=1S/C25H23ClN2O3S/c1-31-17-11-9-16(10-12-17)28-32(29,30)18-13-14-24-22(15-18)19-6-4-7-20(19)25(27-24)21-5-2-3-8-23(21)26/h2-6,8-15,19-20,25,27-28H,7H2,1H3/t19-,20+,25-/m0/s1. The summed E-state index contributed by atoms with van der Waals surface area (Å²) in [5.74, 6) is 1.07. The van der Waals surface area contributed by atoms with Gasteiger partial charge in [0.1, 0.15) is 5.75 Å². The predicted molar refractivity (Wildman–Crippen MR) is 128 cm³/mol. The van der Waals surface area contributed by atoms with Crippen molar-refractivity contribution < 1.29 is 13.2 Å². The molecule has 0 aromatic heterocycles. The van der Waals surface area contributed by atoms with Crippen molar-refractivity contribution >= 4 is 33.0 Å². The van der Waals surface area contributed by atoms with Crippen LogP contribution in [0.2, 0.25) is 5.02 Å². The number of benzene rings is 3. The molecule has 164 valence electrons. The summed E-state index contributed by atoms with van der Waals surface area (Å²) in [7, 11) is -2.16. The number of halogens is 1. The highest BCUT2D eigenvalue weighted by atomic mass is 35.5. The zero-order valence-electron chi connectivity index (χ0n) is 17.5. The lowest BCUT2D eigenvalue weighted by Crippen LogP contribution is -2.29. The van der Waals surface area contributed by atoms with Gasteiger partial charge in [-0.15, -0.1) is 0 Å². The van der Waals surface area contributed by atoms with Gasteiger partial charge in [-0.2, -0.15) is 0 Å². The van der Waals surface area contributed by atoms with Crippen molar-refractivity contribution in [2.45, 2.75) is 23.3 Å². The van der Waals surface area contributed by atoms with Crippen LogP contribution in [-0.2, 0) is 10.0 Å². The van der Waals surface area contributed by atoms with Gasteiger partial charge < -0.3 is 10.1 Å². The van der Waals surface area contributed by atoms with Gasteiger partial charge >= 0.3 is 0 Å². The molecule has 0 radical (unpaired) electrons. The fourth-order valence-corrected chi connectivity index (χ4v) is 5.99. The van der Waals surface area contributed by atoms with Crippen LogP contribution in [0.5, 0.6) is 5.75 Å². The minimum Gasteiger partial charge on any atom is -0.497 e. The molecular formula is C25H23ClN2O3S. The lowest BCUT2D eigenvalue weighted by atomic mass is 9.77. The number of ether oxygens (including phenoxy) is 1. The van der Waals surface area contributed by atoms with Crippen molar-refractivity contribution in [2.75, 3.05) is 17.1 Å². The first-order valence-electron chi connectivity index (χ1n) is 10.4. The lowest BCUT2D eigenvalue weighted by Gasteiger charge is -2.38. The zero-order valence-corrected chi connectivity index (χ0v) is 19.0. The first-order valence-corrected chi connectivity index (χ1v) is 12.3. The van der Waals surface area contributed by atoms with Crippen molar-refractivity contribution in [2.24, 2.45) is 5.92 Å². The summed E-state index contributed by atoms with van der Waals surface area (Å²) in [6, 6.07) is 20.0. The van der Waals surface area contributed by atoms with E-state index in [9.17, 15) is 8.42 Å². The number of fused-ring (bicyclic) bond motifs is 3. The number of allylic oxidation sites excluding steroid dienone is 2. The van der Waals surface area contributed by atoms with Crippen molar-refractivity contribution in [3.8, 4) is 5.75 Å². The van der Waals surface area contributed by atoms with Crippen LogP contribution in [-0.4, -0.2) is 15.5 Å². The van der Waals surface area contributed by atoms with Crippen LogP contribution in [0.1, 0.15) is 29.5 Å². The third-order valence-corrected chi connectivity index (χ3v) is 7.95. The van der Waals surface area contributed by atoms with Gasteiger partial charge in [-0.1, -0.05) is 42.0 Å². The molecule has 1 aliphatic heterocycles. The molecule has 0 saturated carbocycles.